The van der Waals surface area contributed by atoms with E-state index >= 15 is 0 Å². The summed E-state index contributed by atoms with van der Waals surface area (Å²) in [5.41, 5.74) is 2.86. The fourth-order valence-electron chi connectivity index (χ4n) is 3.47. The number of halogens is 1. The lowest BCUT2D eigenvalue weighted by Crippen LogP contribution is -2.41. The Balaban J connectivity index is 1.91. The third-order valence-electron chi connectivity index (χ3n) is 5.62. The van der Waals surface area contributed by atoms with Gasteiger partial charge >= 0.3 is 0 Å². The predicted molar refractivity (Wildman–Crippen MR) is 138 cm³/mol. The monoisotopic (exact) mass is 516 g/mol. The largest absolute Gasteiger partial charge is 0.493 e. The van der Waals surface area contributed by atoms with Gasteiger partial charge in [-0.1, -0.05) is 41.4 Å². The molecule has 0 bridgehead atoms. The van der Waals surface area contributed by atoms with Gasteiger partial charge < -0.3 is 14.4 Å². The third kappa shape index (κ3) is 6.07. The average molecular weight is 517 g/mol. The smallest absolute Gasteiger partial charge is 0.264 e. The molecule has 0 aliphatic rings. The SMILES string of the molecule is COc1ccc(CN(C)C(=O)CN(c2ccc(C)c(Cl)c2)S(=O)(=O)c2ccc(C)cc2)cc1OC. The van der Waals surface area contributed by atoms with Gasteiger partial charge in [-0.2, -0.15) is 0 Å². The van der Waals surface area contributed by atoms with Gasteiger partial charge in [0, 0.05) is 18.6 Å². The van der Waals surface area contributed by atoms with Crippen molar-refractivity contribution in [2.45, 2.75) is 25.3 Å². The summed E-state index contributed by atoms with van der Waals surface area (Å²) >= 11 is 6.30. The minimum atomic E-state index is -4.03. The molecular formula is C26H29ClN2O5S. The minimum absolute atomic E-state index is 0.0927. The van der Waals surface area contributed by atoms with Crippen molar-refractivity contribution in [1.29, 1.82) is 0 Å². The van der Waals surface area contributed by atoms with Crippen LogP contribution in [0, 0.1) is 13.8 Å². The second-order valence-electron chi connectivity index (χ2n) is 8.20. The topological polar surface area (TPSA) is 76.2 Å². The molecule has 1 amide bonds. The molecule has 35 heavy (non-hydrogen) atoms. The summed E-state index contributed by atoms with van der Waals surface area (Å²) < 4.78 is 38.9. The summed E-state index contributed by atoms with van der Waals surface area (Å²) in [5, 5.41) is 0.415. The molecule has 0 fully saturated rings. The molecule has 0 heterocycles. The number of carbonyl (C=O) groups is 1. The lowest BCUT2D eigenvalue weighted by atomic mass is 10.2. The van der Waals surface area contributed by atoms with Crippen LogP contribution in [0.15, 0.2) is 65.6 Å². The fraction of sp³-hybridized carbons (Fsp3) is 0.269. The van der Waals surface area contributed by atoms with Crippen molar-refractivity contribution in [2.75, 3.05) is 32.1 Å². The molecule has 7 nitrogen and oxygen atoms in total. The van der Waals surface area contributed by atoms with Crippen LogP contribution in [0.1, 0.15) is 16.7 Å². The number of carbonyl (C=O) groups excluding carboxylic acids is 1. The molecule has 0 spiro atoms. The van der Waals surface area contributed by atoms with E-state index in [4.69, 9.17) is 21.1 Å². The Hall–Kier alpha value is -3.23. The molecule has 3 aromatic rings. The number of aryl methyl sites for hydroxylation is 2. The van der Waals surface area contributed by atoms with E-state index in [2.05, 4.69) is 0 Å². The molecule has 0 saturated carbocycles. The zero-order valence-electron chi connectivity index (χ0n) is 20.4. The van der Waals surface area contributed by atoms with Crippen molar-refractivity contribution < 1.29 is 22.7 Å². The number of methoxy groups -OCH3 is 2. The third-order valence-corrected chi connectivity index (χ3v) is 7.82. The maximum Gasteiger partial charge on any atom is 0.264 e. The number of rotatable bonds is 9. The summed E-state index contributed by atoms with van der Waals surface area (Å²) in [5.74, 6) is 0.743. The van der Waals surface area contributed by atoms with Crippen LogP contribution in [-0.4, -0.2) is 47.0 Å². The van der Waals surface area contributed by atoms with E-state index in [1.807, 2.05) is 19.9 Å². The summed E-state index contributed by atoms with van der Waals surface area (Å²) in [6, 6.07) is 16.8. The molecule has 0 aliphatic heterocycles. The molecule has 186 valence electrons. The lowest BCUT2D eigenvalue weighted by Gasteiger charge is -2.27. The van der Waals surface area contributed by atoms with Crippen molar-refractivity contribution in [1.82, 2.24) is 4.90 Å². The molecular weight excluding hydrogens is 488 g/mol. The standard InChI is InChI=1S/C26H29ClN2O5S/c1-18-6-11-22(12-7-18)35(31,32)29(21-10-8-19(2)23(27)15-21)17-26(30)28(3)16-20-9-13-24(33-4)25(14-20)34-5/h6-15H,16-17H2,1-5H3. The van der Waals surface area contributed by atoms with Crippen LogP contribution in [0.2, 0.25) is 5.02 Å². The van der Waals surface area contributed by atoms with Gasteiger partial charge in [0.15, 0.2) is 11.5 Å². The summed E-state index contributed by atoms with van der Waals surface area (Å²) in [6.07, 6.45) is 0. The Kier molecular flexibility index (Phi) is 8.30. The molecule has 0 saturated heterocycles. The van der Waals surface area contributed by atoms with E-state index in [1.165, 1.54) is 24.1 Å². The molecule has 0 atom stereocenters. The highest BCUT2D eigenvalue weighted by molar-refractivity contribution is 7.92. The number of hydrogen-bond acceptors (Lipinski definition) is 5. The number of nitrogens with zero attached hydrogens (tertiary/aromatic N) is 2. The number of likely N-dealkylation sites (N-methyl/N-ethyl adjacent to an activating group) is 1. The van der Waals surface area contributed by atoms with Crippen LogP contribution in [-0.2, 0) is 21.4 Å². The first-order valence-corrected chi connectivity index (χ1v) is 12.7. The highest BCUT2D eigenvalue weighted by atomic mass is 35.5. The van der Waals surface area contributed by atoms with Crippen LogP contribution < -0.4 is 13.8 Å². The van der Waals surface area contributed by atoms with E-state index in [0.717, 1.165) is 21.0 Å². The minimum Gasteiger partial charge on any atom is -0.493 e. The molecule has 9 heteroatoms. The zero-order chi connectivity index (χ0) is 25.8. The molecule has 0 radical (unpaired) electrons. The van der Waals surface area contributed by atoms with Crippen LogP contribution in [0.25, 0.3) is 0 Å². The van der Waals surface area contributed by atoms with Crippen molar-refractivity contribution >= 4 is 33.2 Å². The second-order valence-corrected chi connectivity index (χ2v) is 10.5. The number of ether oxygens (including phenoxy) is 2. The van der Waals surface area contributed by atoms with Gasteiger partial charge in [0.25, 0.3) is 10.0 Å². The van der Waals surface area contributed by atoms with Gasteiger partial charge in [0.05, 0.1) is 24.8 Å². The van der Waals surface area contributed by atoms with Crippen LogP contribution in [0.3, 0.4) is 0 Å². The highest BCUT2D eigenvalue weighted by Gasteiger charge is 2.28. The van der Waals surface area contributed by atoms with Crippen LogP contribution in [0.5, 0.6) is 11.5 Å². The Morgan fingerprint density at radius 3 is 2.17 bits per heavy atom. The van der Waals surface area contributed by atoms with Crippen LogP contribution >= 0.6 is 11.6 Å². The van der Waals surface area contributed by atoms with Gasteiger partial charge in [-0.3, -0.25) is 9.10 Å². The molecule has 3 aromatic carbocycles. The first kappa shape index (κ1) is 26.4. The van der Waals surface area contributed by atoms with Crippen molar-refractivity contribution in [3.63, 3.8) is 0 Å². The quantitative estimate of drug-likeness (QED) is 0.407. The van der Waals surface area contributed by atoms with Gasteiger partial charge in [-0.05, 0) is 61.4 Å². The molecule has 0 aromatic heterocycles. The molecule has 0 unspecified atom stereocenters. The van der Waals surface area contributed by atoms with Crippen molar-refractivity contribution in [3.05, 3.63) is 82.4 Å². The van der Waals surface area contributed by atoms with E-state index in [-0.39, 0.29) is 23.9 Å². The van der Waals surface area contributed by atoms with E-state index in [0.29, 0.717) is 22.2 Å². The van der Waals surface area contributed by atoms with Gasteiger partial charge in [-0.15, -0.1) is 0 Å². The Morgan fingerprint density at radius 1 is 0.914 bits per heavy atom. The summed E-state index contributed by atoms with van der Waals surface area (Å²) in [7, 11) is 0.680. The number of amides is 1. The molecule has 0 aliphatic carbocycles. The normalized spacial score (nSPS) is 11.1. The predicted octanol–water partition coefficient (Wildman–Crippen LogP) is 4.83. The van der Waals surface area contributed by atoms with E-state index in [1.54, 1.807) is 56.6 Å². The average Bonchev–Trinajstić information content (AvgIpc) is 2.84. The first-order chi connectivity index (χ1) is 16.6. The fourth-order valence-corrected chi connectivity index (χ4v) is 5.05. The Labute approximate surface area is 211 Å². The number of sulfonamides is 1. The number of hydrogen-bond donors (Lipinski definition) is 0. The highest BCUT2D eigenvalue weighted by Crippen LogP contribution is 2.30. The Bertz CT molecular complexity index is 1310. The summed E-state index contributed by atoms with van der Waals surface area (Å²) in [4.78, 5) is 14.8. The summed E-state index contributed by atoms with van der Waals surface area (Å²) in [6.45, 7) is 3.57. The van der Waals surface area contributed by atoms with Crippen molar-refractivity contribution in [3.8, 4) is 11.5 Å². The van der Waals surface area contributed by atoms with E-state index < -0.39 is 10.0 Å². The number of anilines is 1. The second kappa shape index (κ2) is 11.0. The van der Waals surface area contributed by atoms with Crippen molar-refractivity contribution in [2.24, 2.45) is 0 Å². The molecule has 0 N–H and O–H groups in total. The van der Waals surface area contributed by atoms with Gasteiger partial charge in [0.1, 0.15) is 6.54 Å². The van der Waals surface area contributed by atoms with E-state index in [9.17, 15) is 13.2 Å². The van der Waals surface area contributed by atoms with Crippen LogP contribution in [0.4, 0.5) is 5.69 Å². The van der Waals surface area contributed by atoms with Gasteiger partial charge in [-0.25, -0.2) is 8.42 Å². The zero-order valence-corrected chi connectivity index (χ0v) is 22.0. The Morgan fingerprint density at radius 2 is 1.57 bits per heavy atom. The molecule has 3 rings (SSSR count). The maximum atomic E-state index is 13.6. The van der Waals surface area contributed by atoms with Gasteiger partial charge in [0.2, 0.25) is 5.91 Å². The lowest BCUT2D eigenvalue weighted by molar-refractivity contribution is -0.128. The first-order valence-electron chi connectivity index (χ1n) is 10.9. The maximum absolute atomic E-state index is 13.6. The number of benzene rings is 3.